The van der Waals surface area contributed by atoms with E-state index in [0.717, 1.165) is 81.3 Å². The maximum atomic E-state index is 12.9. The van der Waals surface area contributed by atoms with E-state index >= 15 is 0 Å². The number of aromatic hydroxyl groups is 1. The molecule has 13 heteroatoms. The summed E-state index contributed by atoms with van der Waals surface area (Å²) in [5.74, 6) is 1.73. The molecule has 0 bridgehead atoms. The quantitative estimate of drug-likeness (QED) is 0.103. The van der Waals surface area contributed by atoms with Crippen LogP contribution in [0, 0.1) is 0 Å². The zero-order chi connectivity index (χ0) is 37.2. The van der Waals surface area contributed by atoms with Crippen molar-refractivity contribution in [3.05, 3.63) is 101 Å². The average Bonchev–Trinajstić information content (AvgIpc) is 3.69. The number of cyclic esters (lactones) is 2. The predicted octanol–water partition coefficient (Wildman–Crippen LogP) is 7.09. The lowest BCUT2D eigenvalue weighted by atomic mass is 10.1. The molecule has 5 aromatic rings. The molecular weight excluding hydrogens is 774 g/mol. The third-order valence-electron chi connectivity index (χ3n) is 9.99. The molecule has 2 saturated heterocycles. The fourth-order valence-electron chi connectivity index (χ4n) is 7.05. The highest BCUT2D eigenvalue weighted by Crippen LogP contribution is 2.47. The molecule has 8 rings (SSSR count). The Labute approximate surface area is 324 Å². The number of hydrogen-bond acceptors (Lipinski definition) is 11. The summed E-state index contributed by atoms with van der Waals surface area (Å²) in [5, 5.41) is 11.0. The molecule has 278 valence electrons. The first kappa shape index (κ1) is 36.0. The summed E-state index contributed by atoms with van der Waals surface area (Å²) >= 11 is 5.10. The van der Waals surface area contributed by atoms with Crippen molar-refractivity contribution in [3.8, 4) is 39.2 Å². The molecule has 11 nitrogen and oxygen atoms in total. The Morgan fingerprint density at radius 3 is 2.17 bits per heavy atom. The molecule has 4 aromatic carbocycles. The van der Waals surface area contributed by atoms with Crippen molar-refractivity contribution in [3.63, 3.8) is 0 Å². The van der Waals surface area contributed by atoms with E-state index in [1.54, 1.807) is 35.6 Å². The topological polar surface area (TPSA) is 118 Å². The predicted molar refractivity (Wildman–Crippen MR) is 207 cm³/mol. The minimum absolute atomic E-state index is 0.123. The molecular formula is C41H38BrN3O8S. The van der Waals surface area contributed by atoms with Crippen LogP contribution in [0.5, 0.6) is 28.7 Å². The first-order valence-corrected chi connectivity index (χ1v) is 19.6. The van der Waals surface area contributed by atoms with E-state index in [2.05, 4.69) is 37.9 Å². The van der Waals surface area contributed by atoms with Crippen LogP contribution in [0.2, 0.25) is 0 Å². The van der Waals surface area contributed by atoms with Crippen molar-refractivity contribution in [2.45, 2.75) is 25.4 Å². The van der Waals surface area contributed by atoms with Gasteiger partial charge < -0.3 is 29.0 Å². The molecule has 3 aliphatic rings. The first-order valence-electron chi connectivity index (χ1n) is 18.0. The zero-order valence-corrected chi connectivity index (χ0v) is 31.8. The van der Waals surface area contributed by atoms with Crippen LogP contribution in [0.3, 0.4) is 0 Å². The molecule has 3 aliphatic heterocycles. The van der Waals surface area contributed by atoms with Crippen molar-refractivity contribution in [1.82, 2.24) is 14.7 Å². The Balaban J connectivity index is 0.769. The number of benzene rings is 4. The Bertz CT molecular complexity index is 2180. The van der Waals surface area contributed by atoms with E-state index in [4.69, 9.17) is 18.9 Å². The molecule has 4 heterocycles. The van der Waals surface area contributed by atoms with Crippen LogP contribution in [0.4, 0.5) is 0 Å². The van der Waals surface area contributed by atoms with Crippen LogP contribution in [0.15, 0.2) is 89.4 Å². The molecule has 1 atom stereocenters. The smallest absolute Gasteiger partial charge is 0.336 e. The minimum atomic E-state index is -0.737. The van der Waals surface area contributed by atoms with Gasteiger partial charge in [0.15, 0.2) is 5.75 Å². The molecule has 1 aromatic heterocycles. The van der Waals surface area contributed by atoms with E-state index in [0.29, 0.717) is 36.8 Å². The molecule has 0 radical (unpaired) electrons. The highest BCUT2D eigenvalue weighted by atomic mass is 79.9. The fraction of sp³-hybridized carbons (Fsp3) is 0.293. The average molecular weight is 813 g/mol. The molecule has 2 fully saturated rings. The monoisotopic (exact) mass is 811 g/mol. The van der Waals surface area contributed by atoms with Gasteiger partial charge in [-0.3, -0.25) is 19.4 Å². The van der Waals surface area contributed by atoms with Gasteiger partial charge in [-0.15, -0.1) is 11.3 Å². The van der Waals surface area contributed by atoms with E-state index < -0.39 is 18.0 Å². The molecule has 1 unspecified atom stereocenters. The van der Waals surface area contributed by atoms with Gasteiger partial charge in [0.2, 0.25) is 0 Å². The fourth-order valence-corrected chi connectivity index (χ4v) is 8.48. The number of carbonyl (C=O) groups excluding carboxylic acids is 3. The number of fused-ring (bicyclic) bond motifs is 2. The third kappa shape index (κ3) is 7.95. The lowest BCUT2D eigenvalue weighted by molar-refractivity contribution is -0.167. The van der Waals surface area contributed by atoms with Gasteiger partial charge in [-0.25, -0.2) is 4.79 Å². The largest absolute Gasteiger partial charge is 0.508 e. The summed E-state index contributed by atoms with van der Waals surface area (Å²) in [6.07, 6.45) is 0.404. The molecule has 1 N–H and O–H groups in total. The van der Waals surface area contributed by atoms with E-state index in [9.17, 15) is 19.5 Å². The van der Waals surface area contributed by atoms with Crippen molar-refractivity contribution >= 4 is 55.2 Å². The van der Waals surface area contributed by atoms with Crippen molar-refractivity contribution in [2.24, 2.45) is 0 Å². The Morgan fingerprint density at radius 1 is 0.796 bits per heavy atom. The number of ether oxygens (including phenoxy) is 4. The van der Waals surface area contributed by atoms with Crippen LogP contribution in [0.1, 0.15) is 28.8 Å². The van der Waals surface area contributed by atoms with Gasteiger partial charge in [0.1, 0.15) is 42.3 Å². The second-order valence-electron chi connectivity index (χ2n) is 13.5. The Kier molecular flexibility index (Phi) is 10.5. The lowest BCUT2D eigenvalue weighted by Gasteiger charge is -2.34. The van der Waals surface area contributed by atoms with Gasteiger partial charge in [0, 0.05) is 72.4 Å². The number of nitrogens with zero attached hydrogens (tertiary/aromatic N) is 3. The maximum Gasteiger partial charge on any atom is 0.336 e. The van der Waals surface area contributed by atoms with Crippen molar-refractivity contribution in [1.29, 1.82) is 0 Å². The van der Waals surface area contributed by atoms with Crippen LogP contribution in [-0.2, 0) is 20.9 Å². The summed E-state index contributed by atoms with van der Waals surface area (Å²) < 4.78 is 25.3. The zero-order valence-electron chi connectivity index (χ0n) is 29.4. The Morgan fingerprint density at radius 2 is 1.46 bits per heavy atom. The number of esters is 2. The molecule has 0 saturated carbocycles. The number of carbonyl (C=O) groups is 3. The summed E-state index contributed by atoms with van der Waals surface area (Å²) in [7, 11) is 0. The molecule has 1 amide bonds. The van der Waals surface area contributed by atoms with Crippen molar-refractivity contribution in [2.75, 3.05) is 52.5 Å². The summed E-state index contributed by atoms with van der Waals surface area (Å²) in [6.45, 7) is 6.75. The standard InChI is InChI=1S/C41H38BrN3O8S/c42-28-3-1-26(2-4-28)39-38(34-11-5-29(46)24-36(34)54-39)52-31-8-6-30(7-9-31)50-21-19-43-15-17-44(18-16-43)20-22-51-32-10-12-33-27(23-32)25-45(40(33)48)35-13-14-37(47)53-41(35)49/h1-12,23-24,35,46H,13-22,25H2. The van der Waals surface area contributed by atoms with Crippen molar-refractivity contribution < 1.29 is 38.4 Å². The van der Waals surface area contributed by atoms with E-state index in [1.807, 2.05) is 48.5 Å². The number of halogens is 1. The number of phenolic OH excluding ortho intramolecular Hbond substituents is 1. The van der Waals surface area contributed by atoms with E-state index in [-0.39, 0.29) is 24.5 Å². The number of phenols is 1. The second kappa shape index (κ2) is 15.8. The Hall–Kier alpha value is -4.95. The molecule has 54 heavy (non-hydrogen) atoms. The second-order valence-corrected chi connectivity index (χ2v) is 15.5. The highest BCUT2D eigenvalue weighted by Gasteiger charge is 2.40. The summed E-state index contributed by atoms with van der Waals surface area (Å²) in [5.41, 5.74) is 2.40. The van der Waals surface area contributed by atoms with Gasteiger partial charge >= 0.3 is 11.9 Å². The van der Waals surface area contributed by atoms with Crippen LogP contribution in [-0.4, -0.2) is 96.2 Å². The van der Waals surface area contributed by atoms with Crippen LogP contribution >= 0.6 is 27.3 Å². The molecule has 0 spiro atoms. The SMILES string of the molecule is O=C1CCC(N2Cc3cc(OCCN4CCN(CCOc5ccc(Oc6c(-c7ccc(Br)cc7)sc7cc(O)ccc67)cc5)CC4)ccc3C2=O)C(=O)O1. The highest BCUT2D eigenvalue weighted by molar-refractivity contribution is 9.10. The summed E-state index contributed by atoms with van der Waals surface area (Å²) in [4.78, 5) is 43.9. The van der Waals surface area contributed by atoms with Gasteiger partial charge in [-0.1, -0.05) is 28.1 Å². The molecule has 0 aliphatic carbocycles. The number of rotatable bonds is 12. The number of hydrogen-bond donors (Lipinski definition) is 1. The third-order valence-corrected chi connectivity index (χ3v) is 11.7. The normalized spacial score (nSPS) is 17.8. The lowest BCUT2D eigenvalue weighted by Crippen LogP contribution is -2.48. The number of amides is 1. The van der Waals surface area contributed by atoms with Gasteiger partial charge in [-0.2, -0.15) is 0 Å². The maximum absolute atomic E-state index is 12.9. The van der Waals surface area contributed by atoms with Gasteiger partial charge in [0.05, 0.1) is 4.88 Å². The van der Waals surface area contributed by atoms with Gasteiger partial charge in [-0.05, 0) is 90.3 Å². The minimum Gasteiger partial charge on any atom is -0.508 e. The number of piperazine rings is 1. The summed E-state index contributed by atoms with van der Waals surface area (Å²) in [6, 6.07) is 25.8. The number of thiophene rings is 1. The first-order chi connectivity index (χ1) is 26.3. The van der Waals surface area contributed by atoms with Gasteiger partial charge in [0.25, 0.3) is 5.91 Å². The van der Waals surface area contributed by atoms with Crippen LogP contribution < -0.4 is 14.2 Å². The van der Waals surface area contributed by atoms with Crippen LogP contribution in [0.25, 0.3) is 20.5 Å². The van der Waals surface area contributed by atoms with E-state index in [1.165, 1.54) is 4.90 Å².